The molecule has 2 aromatic rings. The van der Waals surface area contributed by atoms with Crippen molar-refractivity contribution < 1.29 is 4.74 Å². The quantitative estimate of drug-likeness (QED) is 0.605. The fourth-order valence-corrected chi connectivity index (χ4v) is 3.26. The van der Waals surface area contributed by atoms with Gasteiger partial charge >= 0.3 is 0 Å². The predicted octanol–water partition coefficient (Wildman–Crippen LogP) is 2.62. The number of benzene rings is 1. The molecule has 0 spiro atoms. The Kier molecular flexibility index (Phi) is 5.39. The van der Waals surface area contributed by atoms with Crippen molar-refractivity contribution in [1.29, 1.82) is 5.26 Å². The zero-order valence-corrected chi connectivity index (χ0v) is 14.1. The summed E-state index contributed by atoms with van der Waals surface area (Å²) in [4.78, 5) is 2.49. The molecule has 1 aliphatic rings. The van der Waals surface area contributed by atoms with E-state index in [4.69, 9.17) is 4.74 Å². The van der Waals surface area contributed by atoms with Gasteiger partial charge in [0.1, 0.15) is 5.75 Å². The molecule has 1 saturated heterocycles. The Hall–Kier alpha value is -2.45. The molecule has 5 heteroatoms. The normalized spacial score (nSPS) is 15.8. The first-order valence-corrected chi connectivity index (χ1v) is 8.47. The summed E-state index contributed by atoms with van der Waals surface area (Å²) in [6.07, 6.45) is 9.28. The number of likely N-dealkylation sites (tertiary alicyclic amines) is 1. The Morgan fingerprint density at radius 1 is 1.17 bits per heavy atom. The molecular weight excluding hydrogens is 300 g/mol. The lowest BCUT2D eigenvalue weighted by molar-refractivity contribution is 0.207. The molecule has 0 amide bonds. The van der Waals surface area contributed by atoms with E-state index >= 15 is 0 Å². The summed E-state index contributed by atoms with van der Waals surface area (Å²) >= 11 is 0. The van der Waals surface area contributed by atoms with Crippen LogP contribution in [0.5, 0.6) is 5.75 Å². The van der Waals surface area contributed by atoms with Gasteiger partial charge in [0.15, 0.2) is 0 Å². The average Bonchev–Trinajstić information content (AvgIpc) is 3.16. The largest absolute Gasteiger partial charge is 0.497 e. The highest BCUT2D eigenvalue weighted by atomic mass is 16.5. The van der Waals surface area contributed by atoms with E-state index in [2.05, 4.69) is 23.2 Å². The van der Waals surface area contributed by atoms with Crippen LogP contribution in [0, 0.1) is 11.5 Å². The van der Waals surface area contributed by atoms with E-state index in [-0.39, 0.29) is 0 Å². The van der Waals surface area contributed by atoms with Crippen molar-refractivity contribution in [2.24, 2.45) is 0 Å². The van der Waals surface area contributed by atoms with E-state index in [1.807, 2.05) is 41.3 Å². The third-order valence-corrected chi connectivity index (χ3v) is 4.72. The number of methoxy groups -OCH3 is 1. The summed E-state index contributed by atoms with van der Waals surface area (Å²) in [5.74, 6) is 0.904. The lowest BCUT2D eigenvalue weighted by Gasteiger charge is -2.36. The van der Waals surface area contributed by atoms with E-state index in [9.17, 15) is 5.26 Å². The number of hydrogen-bond donors (Lipinski definition) is 0. The van der Waals surface area contributed by atoms with Gasteiger partial charge < -0.3 is 9.64 Å². The molecule has 0 atom stereocenters. The maximum Gasteiger partial charge on any atom is 0.200 e. The highest BCUT2D eigenvalue weighted by Gasteiger charge is 2.24. The zero-order valence-electron chi connectivity index (χ0n) is 14.1. The van der Waals surface area contributed by atoms with Gasteiger partial charge in [-0.2, -0.15) is 5.26 Å². The summed E-state index contributed by atoms with van der Waals surface area (Å²) in [6.45, 7) is 3.15. The van der Waals surface area contributed by atoms with Gasteiger partial charge in [0, 0.05) is 32.0 Å². The van der Waals surface area contributed by atoms with Gasteiger partial charge in [-0.3, -0.25) is 4.68 Å². The highest BCUT2D eigenvalue weighted by molar-refractivity contribution is 5.27. The van der Waals surface area contributed by atoms with E-state index in [0.717, 1.165) is 44.6 Å². The van der Waals surface area contributed by atoms with Crippen molar-refractivity contribution in [3.8, 4) is 11.9 Å². The molecule has 24 heavy (non-hydrogen) atoms. The lowest BCUT2D eigenvalue weighted by Crippen LogP contribution is -2.47. The summed E-state index contributed by atoms with van der Waals surface area (Å²) in [5.41, 5.74) is 1.34. The van der Waals surface area contributed by atoms with Crippen molar-refractivity contribution >= 4 is 0 Å². The Morgan fingerprint density at radius 2 is 1.83 bits per heavy atom. The molecule has 1 aromatic heterocycles. The molecule has 1 aliphatic heterocycles. The predicted molar refractivity (Wildman–Crippen MR) is 94.4 cm³/mol. The van der Waals surface area contributed by atoms with Crippen LogP contribution in [0.2, 0.25) is 0 Å². The molecule has 0 saturated carbocycles. The zero-order chi connectivity index (χ0) is 16.8. The number of hydrogen-bond acceptors (Lipinski definition) is 4. The van der Waals surface area contributed by atoms with E-state index < -0.39 is 0 Å². The van der Waals surface area contributed by atoms with Crippen LogP contribution in [-0.4, -0.2) is 42.4 Å². The van der Waals surface area contributed by atoms with Crippen molar-refractivity contribution in [2.45, 2.75) is 25.3 Å². The van der Waals surface area contributed by atoms with Crippen molar-refractivity contribution in [3.05, 3.63) is 54.4 Å². The van der Waals surface area contributed by atoms with Crippen LogP contribution in [0.1, 0.15) is 18.4 Å². The first kappa shape index (κ1) is 16.4. The fraction of sp³-hybridized carbons (Fsp3) is 0.421. The van der Waals surface area contributed by atoms with Crippen LogP contribution >= 0.6 is 0 Å². The van der Waals surface area contributed by atoms with E-state index in [1.54, 1.807) is 12.1 Å². The van der Waals surface area contributed by atoms with Crippen molar-refractivity contribution in [2.75, 3.05) is 31.8 Å². The van der Waals surface area contributed by atoms with Gasteiger partial charge in [0.2, 0.25) is 6.19 Å². The number of nitrogens with zero attached hydrogens (tertiary/aromatic N) is 4. The minimum atomic E-state index is 0.291. The molecular formula is C19H24N4O. The second kappa shape index (κ2) is 7.89. The van der Waals surface area contributed by atoms with Crippen LogP contribution in [0.3, 0.4) is 0 Å². The molecule has 0 aliphatic carbocycles. The van der Waals surface area contributed by atoms with Crippen LogP contribution in [0.25, 0.3) is 0 Å². The Balaban J connectivity index is 1.47. The summed E-state index contributed by atoms with van der Waals surface area (Å²) in [7, 11) is 1.69. The smallest absolute Gasteiger partial charge is 0.200 e. The van der Waals surface area contributed by atoms with Gasteiger partial charge in [0.25, 0.3) is 0 Å². The van der Waals surface area contributed by atoms with E-state index in [0.29, 0.717) is 6.04 Å². The number of nitriles is 1. The topological polar surface area (TPSA) is 44.4 Å². The van der Waals surface area contributed by atoms with Crippen LogP contribution < -0.4 is 9.75 Å². The number of ether oxygens (including phenoxy) is 1. The standard InChI is InChI=1S/C19H24N4O/c1-24-19-6-4-17(5-7-19)8-13-21-14-9-18(10-15-21)23(16-20)22-11-2-3-12-22/h2-7,11-12,18H,8-10,13-15H2,1H3. The van der Waals surface area contributed by atoms with E-state index in [1.165, 1.54) is 5.56 Å². The minimum Gasteiger partial charge on any atom is -0.497 e. The number of rotatable bonds is 6. The Bertz CT molecular complexity index is 652. The first-order valence-electron chi connectivity index (χ1n) is 8.47. The lowest BCUT2D eigenvalue weighted by atomic mass is 10.0. The summed E-state index contributed by atoms with van der Waals surface area (Å²) in [6, 6.07) is 12.5. The Morgan fingerprint density at radius 3 is 2.42 bits per heavy atom. The van der Waals surface area contributed by atoms with Gasteiger partial charge in [-0.15, -0.1) is 0 Å². The third-order valence-electron chi connectivity index (χ3n) is 4.72. The Labute approximate surface area is 143 Å². The molecule has 3 rings (SSSR count). The number of piperidine rings is 1. The van der Waals surface area contributed by atoms with Gasteiger partial charge in [-0.05, 0) is 49.1 Å². The molecule has 1 aromatic carbocycles. The van der Waals surface area contributed by atoms with Crippen molar-refractivity contribution in [1.82, 2.24) is 9.58 Å². The van der Waals surface area contributed by atoms with Crippen molar-refractivity contribution in [3.63, 3.8) is 0 Å². The second-order valence-corrected chi connectivity index (χ2v) is 6.18. The van der Waals surface area contributed by atoms with Gasteiger partial charge in [0.05, 0.1) is 13.2 Å². The molecule has 0 unspecified atom stereocenters. The maximum absolute atomic E-state index is 9.44. The number of aromatic nitrogens is 1. The molecule has 0 N–H and O–H groups in total. The van der Waals surface area contributed by atoms with Crippen LogP contribution in [-0.2, 0) is 6.42 Å². The molecule has 1 fully saturated rings. The van der Waals surface area contributed by atoms with Gasteiger partial charge in [-0.1, -0.05) is 12.1 Å². The molecule has 5 nitrogen and oxygen atoms in total. The SMILES string of the molecule is COc1ccc(CCN2CCC(N(C#N)n3cccc3)CC2)cc1. The highest BCUT2D eigenvalue weighted by Crippen LogP contribution is 2.17. The summed E-state index contributed by atoms with van der Waals surface area (Å²) < 4.78 is 7.08. The molecule has 0 bridgehead atoms. The monoisotopic (exact) mass is 324 g/mol. The third kappa shape index (κ3) is 3.90. The second-order valence-electron chi connectivity index (χ2n) is 6.18. The van der Waals surface area contributed by atoms with Crippen LogP contribution in [0.15, 0.2) is 48.8 Å². The minimum absolute atomic E-state index is 0.291. The molecule has 2 heterocycles. The maximum atomic E-state index is 9.44. The average molecular weight is 324 g/mol. The molecule has 0 radical (unpaired) electrons. The summed E-state index contributed by atoms with van der Waals surface area (Å²) in [5, 5.41) is 11.2. The first-order chi connectivity index (χ1) is 11.8. The molecule has 126 valence electrons. The fourth-order valence-electron chi connectivity index (χ4n) is 3.26. The van der Waals surface area contributed by atoms with Crippen LogP contribution in [0.4, 0.5) is 0 Å². The van der Waals surface area contributed by atoms with Gasteiger partial charge in [-0.25, -0.2) is 5.01 Å².